The number of nitrogens with one attached hydrogen (secondary N) is 1. The number of benzene rings is 2. The van der Waals surface area contributed by atoms with Gasteiger partial charge in [0.25, 0.3) is 0 Å². The summed E-state index contributed by atoms with van der Waals surface area (Å²) < 4.78 is 5.01. The zero-order valence-electron chi connectivity index (χ0n) is 10.6. The predicted molar refractivity (Wildman–Crippen MR) is 82.3 cm³/mol. The van der Waals surface area contributed by atoms with Crippen LogP contribution in [0.15, 0.2) is 41.5 Å². The summed E-state index contributed by atoms with van der Waals surface area (Å²) in [6, 6.07) is 10.4. The van der Waals surface area contributed by atoms with Crippen LogP contribution in [0.3, 0.4) is 0 Å². The first kappa shape index (κ1) is 14.5. The number of methoxy groups -OCH3 is 1. The molecule has 0 aliphatic rings. The Bertz CT molecular complexity index is 628. The highest BCUT2D eigenvalue weighted by atomic mass is 35.5. The smallest absolute Gasteiger partial charge is 0.176 e. The van der Waals surface area contributed by atoms with Gasteiger partial charge in [0, 0.05) is 5.02 Å². The lowest BCUT2D eigenvalue weighted by Crippen LogP contribution is -1.92. The summed E-state index contributed by atoms with van der Waals surface area (Å²) in [4.78, 5) is 0. The Morgan fingerprint density at radius 1 is 1.20 bits per heavy atom. The van der Waals surface area contributed by atoms with Crippen molar-refractivity contribution in [3.63, 3.8) is 0 Å². The molecular weight excluding hydrogens is 299 g/mol. The topological polar surface area (TPSA) is 53.8 Å². The molecule has 0 aromatic heterocycles. The van der Waals surface area contributed by atoms with Crippen LogP contribution in [0.5, 0.6) is 11.5 Å². The molecule has 0 amide bonds. The van der Waals surface area contributed by atoms with Gasteiger partial charge in [-0.15, -0.1) is 0 Å². The van der Waals surface area contributed by atoms with E-state index in [4.69, 9.17) is 27.9 Å². The molecule has 0 heterocycles. The molecule has 0 aliphatic carbocycles. The Kier molecular flexibility index (Phi) is 4.71. The molecule has 2 aromatic rings. The first-order valence-electron chi connectivity index (χ1n) is 5.71. The minimum Gasteiger partial charge on any atom is -0.503 e. The molecule has 20 heavy (non-hydrogen) atoms. The van der Waals surface area contributed by atoms with E-state index in [1.807, 2.05) is 12.1 Å². The van der Waals surface area contributed by atoms with Gasteiger partial charge in [-0.3, -0.25) is 5.43 Å². The van der Waals surface area contributed by atoms with E-state index < -0.39 is 0 Å². The molecule has 0 spiro atoms. The van der Waals surface area contributed by atoms with Crippen LogP contribution in [0.1, 0.15) is 5.56 Å². The Balaban J connectivity index is 2.11. The van der Waals surface area contributed by atoms with Crippen molar-refractivity contribution in [2.75, 3.05) is 12.5 Å². The van der Waals surface area contributed by atoms with E-state index in [2.05, 4.69) is 10.5 Å². The van der Waals surface area contributed by atoms with Crippen molar-refractivity contribution in [1.29, 1.82) is 0 Å². The molecule has 2 aromatic carbocycles. The molecule has 0 radical (unpaired) electrons. The predicted octanol–water partition coefficient (Wildman–Crippen LogP) is 4.15. The third-order valence-corrected chi connectivity index (χ3v) is 3.06. The van der Waals surface area contributed by atoms with Crippen molar-refractivity contribution in [3.8, 4) is 11.5 Å². The summed E-state index contributed by atoms with van der Waals surface area (Å²) in [6.45, 7) is 0. The molecule has 2 N–H and O–H groups in total. The Morgan fingerprint density at radius 2 is 1.90 bits per heavy atom. The van der Waals surface area contributed by atoms with Gasteiger partial charge in [-0.05, 0) is 42.0 Å². The van der Waals surface area contributed by atoms with Crippen molar-refractivity contribution in [3.05, 3.63) is 52.0 Å². The van der Waals surface area contributed by atoms with E-state index in [1.165, 1.54) is 7.11 Å². The summed E-state index contributed by atoms with van der Waals surface area (Å²) >= 11 is 11.7. The lowest BCUT2D eigenvalue weighted by Gasteiger charge is -2.06. The normalized spacial score (nSPS) is 10.8. The van der Waals surface area contributed by atoms with Crippen molar-refractivity contribution >= 4 is 35.1 Å². The molecule has 2 rings (SSSR count). The van der Waals surface area contributed by atoms with Crippen molar-refractivity contribution in [2.24, 2.45) is 5.10 Å². The summed E-state index contributed by atoms with van der Waals surface area (Å²) in [5, 5.41) is 14.6. The summed E-state index contributed by atoms with van der Waals surface area (Å²) in [7, 11) is 1.46. The molecule has 4 nitrogen and oxygen atoms in total. The number of hydrogen-bond acceptors (Lipinski definition) is 4. The van der Waals surface area contributed by atoms with Crippen molar-refractivity contribution < 1.29 is 9.84 Å². The standard InChI is InChI=1S/C14H12Cl2N2O2/c1-20-13-7-9(6-12(16)14(13)19)8-17-18-11-4-2-10(15)3-5-11/h2-8,18-19H,1H3. The lowest BCUT2D eigenvalue weighted by atomic mass is 10.2. The maximum atomic E-state index is 9.62. The van der Waals surface area contributed by atoms with Gasteiger partial charge in [0.1, 0.15) is 0 Å². The molecule has 0 unspecified atom stereocenters. The fraction of sp³-hybridized carbons (Fsp3) is 0.0714. The van der Waals surface area contributed by atoms with Crippen LogP contribution in [0.4, 0.5) is 5.69 Å². The van der Waals surface area contributed by atoms with E-state index >= 15 is 0 Å². The Morgan fingerprint density at radius 3 is 2.55 bits per heavy atom. The van der Waals surface area contributed by atoms with Crippen LogP contribution in [0.2, 0.25) is 10.0 Å². The van der Waals surface area contributed by atoms with Crippen LogP contribution in [0.25, 0.3) is 0 Å². The number of anilines is 1. The number of aromatic hydroxyl groups is 1. The second kappa shape index (κ2) is 6.50. The maximum Gasteiger partial charge on any atom is 0.176 e. The molecule has 0 atom stereocenters. The van der Waals surface area contributed by atoms with Gasteiger partial charge in [-0.25, -0.2) is 0 Å². The Hall–Kier alpha value is -1.91. The zero-order chi connectivity index (χ0) is 14.5. The molecule has 0 saturated carbocycles. The number of hydrogen-bond donors (Lipinski definition) is 2. The van der Waals surface area contributed by atoms with E-state index in [-0.39, 0.29) is 10.8 Å². The average molecular weight is 311 g/mol. The molecule has 0 fully saturated rings. The van der Waals surface area contributed by atoms with Crippen LogP contribution >= 0.6 is 23.2 Å². The third-order valence-electron chi connectivity index (χ3n) is 2.52. The highest BCUT2D eigenvalue weighted by Crippen LogP contribution is 2.34. The fourth-order valence-electron chi connectivity index (χ4n) is 1.53. The number of hydrazone groups is 1. The fourth-order valence-corrected chi connectivity index (χ4v) is 1.87. The molecule has 104 valence electrons. The van der Waals surface area contributed by atoms with Gasteiger partial charge in [0.15, 0.2) is 11.5 Å². The largest absolute Gasteiger partial charge is 0.503 e. The summed E-state index contributed by atoms with van der Waals surface area (Å²) in [5.74, 6) is 0.211. The maximum absolute atomic E-state index is 9.62. The van der Waals surface area contributed by atoms with Crippen LogP contribution in [-0.2, 0) is 0 Å². The minimum absolute atomic E-state index is 0.0861. The molecular formula is C14H12Cl2N2O2. The Labute approximate surface area is 126 Å². The minimum atomic E-state index is -0.0861. The van der Waals surface area contributed by atoms with Gasteiger partial charge in [0.2, 0.25) is 0 Å². The lowest BCUT2D eigenvalue weighted by molar-refractivity contribution is 0.373. The number of phenols is 1. The first-order valence-corrected chi connectivity index (χ1v) is 6.47. The van der Waals surface area contributed by atoms with Crippen LogP contribution in [0, 0.1) is 0 Å². The quantitative estimate of drug-likeness (QED) is 0.658. The monoisotopic (exact) mass is 310 g/mol. The van der Waals surface area contributed by atoms with E-state index in [0.29, 0.717) is 16.3 Å². The average Bonchev–Trinajstić information content (AvgIpc) is 2.44. The number of rotatable bonds is 4. The molecule has 0 bridgehead atoms. The number of phenolic OH excluding ortho intramolecular Hbond substituents is 1. The molecule has 6 heteroatoms. The van der Waals surface area contributed by atoms with Gasteiger partial charge < -0.3 is 9.84 Å². The highest BCUT2D eigenvalue weighted by Gasteiger charge is 2.07. The molecule has 0 aliphatic heterocycles. The van der Waals surface area contributed by atoms with Gasteiger partial charge in [0.05, 0.1) is 24.0 Å². The number of nitrogens with zero attached hydrogens (tertiary/aromatic N) is 1. The second-order valence-electron chi connectivity index (χ2n) is 3.93. The third kappa shape index (κ3) is 3.56. The SMILES string of the molecule is COc1cc(C=NNc2ccc(Cl)cc2)cc(Cl)c1O. The van der Waals surface area contributed by atoms with E-state index in [1.54, 1.807) is 30.5 Å². The van der Waals surface area contributed by atoms with Gasteiger partial charge >= 0.3 is 0 Å². The zero-order valence-corrected chi connectivity index (χ0v) is 12.1. The number of ether oxygens (including phenoxy) is 1. The van der Waals surface area contributed by atoms with Crippen LogP contribution in [-0.4, -0.2) is 18.4 Å². The van der Waals surface area contributed by atoms with E-state index in [9.17, 15) is 5.11 Å². The van der Waals surface area contributed by atoms with Crippen molar-refractivity contribution in [1.82, 2.24) is 0 Å². The van der Waals surface area contributed by atoms with Gasteiger partial charge in [-0.2, -0.15) is 5.10 Å². The summed E-state index contributed by atoms with van der Waals surface area (Å²) in [6.07, 6.45) is 1.57. The summed E-state index contributed by atoms with van der Waals surface area (Å²) in [5.41, 5.74) is 4.36. The van der Waals surface area contributed by atoms with Crippen molar-refractivity contribution in [2.45, 2.75) is 0 Å². The first-order chi connectivity index (χ1) is 9.60. The molecule has 0 saturated heterocycles. The van der Waals surface area contributed by atoms with Gasteiger partial charge in [-0.1, -0.05) is 23.2 Å². The number of halogens is 2. The van der Waals surface area contributed by atoms with Crippen LogP contribution < -0.4 is 10.2 Å². The second-order valence-corrected chi connectivity index (χ2v) is 4.77. The highest BCUT2D eigenvalue weighted by molar-refractivity contribution is 6.32. The van der Waals surface area contributed by atoms with E-state index in [0.717, 1.165) is 5.69 Å².